The third kappa shape index (κ3) is 1.80. The second kappa shape index (κ2) is 6.28. The molecule has 32 heavy (non-hydrogen) atoms. The Morgan fingerprint density at radius 2 is 1.97 bits per heavy atom. The van der Waals surface area contributed by atoms with E-state index < -0.39 is 11.7 Å². The Morgan fingerprint density at radius 3 is 2.66 bits per heavy atom. The van der Waals surface area contributed by atoms with Crippen molar-refractivity contribution in [1.29, 1.82) is 0 Å². The Morgan fingerprint density at radius 1 is 1.16 bits per heavy atom. The van der Waals surface area contributed by atoms with Crippen LogP contribution in [0, 0.1) is 34.0 Å². The maximum absolute atomic E-state index is 12.3. The van der Waals surface area contributed by atoms with E-state index in [-0.39, 0.29) is 59.4 Å². The molecule has 7 bridgehead atoms. The Labute approximate surface area is 191 Å². The van der Waals surface area contributed by atoms with Gasteiger partial charge in [0.15, 0.2) is 0 Å². The lowest BCUT2D eigenvalue weighted by atomic mass is 9.41. The average Bonchev–Trinajstić information content (AvgIpc) is 3.48. The van der Waals surface area contributed by atoms with Crippen LogP contribution in [0.3, 0.4) is 0 Å². The zero-order chi connectivity index (χ0) is 22.3. The summed E-state index contributed by atoms with van der Waals surface area (Å²) in [7, 11) is 5.57. The molecule has 0 aromatic heterocycles. The Balaban J connectivity index is 1.54. The van der Waals surface area contributed by atoms with Gasteiger partial charge in [0.25, 0.3) is 0 Å². The summed E-state index contributed by atoms with van der Waals surface area (Å²) >= 11 is 0. The minimum atomic E-state index is -0.732. The molecule has 7 rings (SSSR count). The van der Waals surface area contributed by atoms with E-state index in [9.17, 15) is 5.11 Å². The number of rotatable bonds is 4. The first-order valence-electron chi connectivity index (χ1n) is 12.7. The molecule has 7 nitrogen and oxygen atoms in total. The van der Waals surface area contributed by atoms with E-state index in [1.165, 1.54) is 0 Å². The highest BCUT2D eigenvalue weighted by molar-refractivity contribution is 5.41. The zero-order valence-corrected chi connectivity index (χ0v) is 20.1. The van der Waals surface area contributed by atoms with Gasteiger partial charge in [0.1, 0.15) is 18.5 Å². The lowest BCUT2D eigenvalue weighted by Crippen LogP contribution is -2.79. The van der Waals surface area contributed by atoms with Crippen LogP contribution in [0.4, 0.5) is 0 Å². The Hall–Kier alpha value is -0.280. The van der Waals surface area contributed by atoms with Crippen LogP contribution in [0.2, 0.25) is 0 Å². The first kappa shape index (κ1) is 21.0. The van der Waals surface area contributed by atoms with E-state index >= 15 is 0 Å². The maximum atomic E-state index is 12.3. The number of methoxy groups -OCH3 is 3. The second-order valence-corrected chi connectivity index (χ2v) is 12.2. The van der Waals surface area contributed by atoms with E-state index in [0.717, 1.165) is 38.8 Å². The molecule has 0 amide bonds. The van der Waals surface area contributed by atoms with Gasteiger partial charge < -0.3 is 28.8 Å². The van der Waals surface area contributed by atoms with Crippen molar-refractivity contribution in [3.8, 4) is 0 Å². The third-order valence-corrected chi connectivity index (χ3v) is 11.8. The summed E-state index contributed by atoms with van der Waals surface area (Å²) in [5, 5.41) is 12.3. The summed E-state index contributed by atoms with van der Waals surface area (Å²) in [5.41, 5.74) is -1.07. The van der Waals surface area contributed by atoms with Gasteiger partial charge in [-0.25, -0.2) is 0 Å². The predicted molar refractivity (Wildman–Crippen MR) is 115 cm³/mol. The minimum absolute atomic E-state index is 0.0392. The van der Waals surface area contributed by atoms with E-state index in [4.69, 9.17) is 23.7 Å². The smallest absolute Gasteiger partial charge is 0.148 e. The first-order chi connectivity index (χ1) is 15.4. The van der Waals surface area contributed by atoms with Crippen LogP contribution in [0.25, 0.3) is 0 Å². The van der Waals surface area contributed by atoms with Gasteiger partial charge in [0.2, 0.25) is 0 Å². The Bertz CT molecular complexity index is 826. The molecule has 0 aromatic carbocycles. The number of ether oxygens (including phenoxy) is 5. The number of hydrogen-bond acceptors (Lipinski definition) is 7. The molecule has 5 saturated carbocycles. The van der Waals surface area contributed by atoms with Crippen molar-refractivity contribution in [3.05, 3.63) is 0 Å². The van der Waals surface area contributed by atoms with E-state index in [2.05, 4.69) is 18.7 Å². The van der Waals surface area contributed by atoms with Gasteiger partial charge in [-0.05, 0) is 43.6 Å². The monoisotopic (exact) mass is 449 g/mol. The van der Waals surface area contributed by atoms with Crippen molar-refractivity contribution < 1.29 is 28.8 Å². The van der Waals surface area contributed by atoms with E-state index in [1.807, 2.05) is 21.3 Å². The van der Waals surface area contributed by atoms with E-state index in [0.29, 0.717) is 11.8 Å². The predicted octanol–water partition coefficient (Wildman–Crippen LogP) is 1.66. The largest absolute Gasteiger partial charge is 0.390 e. The number of aliphatic hydroxyl groups is 1. The second-order valence-electron chi connectivity index (χ2n) is 12.2. The number of likely N-dealkylation sites (tertiary alicyclic amines) is 1. The number of piperidine rings is 1. The van der Waals surface area contributed by atoms with Gasteiger partial charge in [-0.3, -0.25) is 4.90 Å². The fourth-order valence-electron chi connectivity index (χ4n) is 11.6. The molecule has 7 fully saturated rings. The van der Waals surface area contributed by atoms with Gasteiger partial charge in [-0.15, -0.1) is 0 Å². The molecule has 7 aliphatic rings. The van der Waals surface area contributed by atoms with Gasteiger partial charge >= 0.3 is 0 Å². The fraction of sp³-hybridized carbons (Fsp3) is 1.00. The highest BCUT2D eigenvalue weighted by atomic mass is 16.7. The molecule has 13 atom stereocenters. The molecule has 2 saturated heterocycles. The number of hydrogen-bond donors (Lipinski definition) is 1. The summed E-state index contributed by atoms with van der Waals surface area (Å²) in [4.78, 5) is 2.63. The van der Waals surface area contributed by atoms with Crippen molar-refractivity contribution >= 4 is 0 Å². The molecule has 5 aliphatic carbocycles. The summed E-state index contributed by atoms with van der Waals surface area (Å²) in [6.07, 6.45) is 3.71. The van der Waals surface area contributed by atoms with Gasteiger partial charge in [-0.1, -0.05) is 13.8 Å². The highest BCUT2D eigenvalue weighted by Crippen LogP contribution is 2.83. The minimum Gasteiger partial charge on any atom is -0.390 e. The number of fused-ring (bicyclic) bond motifs is 1. The summed E-state index contributed by atoms with van der Waals surface area (Å²) < 4.78 is 32.0. The molecular formula is C25H39NO6. The van der Waals surface area contributed by atoms with Gasteiger partial charge in [0.05, 0.1) is 30.5 Å². The van der Waals surface area contributed by atoms with Gasteiger partial charge in [-0.2, -0.15) is 0 Å². The van der Waals surface area contributed by atoms with E-state index in [1.54, 1.807) is 0 Å². The maximum Gasteiger partial charge on any atom is 0.148 e. The lowest BCUT2D eigenvalue weighted by Gasteiger charge is -2.70. The van der Waals surface area contributed by atoms with Crippen molar-refractivity contribution in [2.45, 2.75) is 81.7 Å². The molecule has 3 spiro atoms. The standard InChI is InChI=1S/C25H39NO6/c1-6-26-11-22(2)8-7-16(29-4)24-15-9-13-14(28-3)10-23(15,19(13)30-5)21-25(20(24)26,32-12-31-21)18(27)17(22)24/h13-21,27H,6-12H2,1-5H3/t13-,14-,15-,16+,17-,18+,19+,20+,21+,22+,23+,24+,25-/m1/s1. The average molecular weight is 450 g/mol. The first-order valence-corrected chi connectivity index (χ1v) is 12.7. The molecule has 0 radical (unpaired) electrons. The molecule has 7 heteroatoms. The van der Waals surface area contributed by atoms with Crippen molar-refractivity contribution in [3.63, 3.8) is 0 Å². The van der Waals surface area contributed by atoms with Crippen molar-refractivity contribution in [1.82, 2.24) is 4.90 Å². The van der Waals surface area contributed by atoms with Gasteiger partial charge in [0, 0.05) is 50.5 Å². The third-order valence-electron chi connectivity index (χ3n) is 11.8. The summed E-state index contributed by atoms with van der Waals surface area (Å²) in [5.74, 6) is 0.860. The topological polar surface area (TPSA) is 69.6 Å². The normalized spacial score (nSPS) is 64.1. The molecule has 1 N–H and O–H groups in total. The van der Waals surface area contributed by atoms with Crippen LogP contribution >= 0.6 is 0 Å². The fourth-order valence-corrected chi connectivity index (χ4v) is 11.6. The van der Waals surface area contributed by atoms with Crippen LogP contribution in [-0.2, 0) is 23.7 Å². The molecule has 0 aromatic rings. The molecule has 2 heterocycles. The molecular weight excluding hydrogens is 410 g/mol. The Kier molecular flexibility index (Phi) is 4.13. The number of nitrogens with zero attached hydrogens (tertiary/aromatic N) is 1. The highest BCUT2D eigenvalue weighted by Gasteiger charge is 2.92. The summed E-state index contributed by atoms with van der Waals surface area (Å²) in [6, 6.07) is 0.110. The number of likely N-dealkylation sites (N-methyl/N-ethyl adjacent to an activating group) is 1. The van der Waals surface area contributed by atoms with Crippen LogP contribution in [0.1, 0.15) is 39.5 Å². The molecule has 180 valence electrons. The molecule has 0 unspecified atom stereocenters. The van der Waals surface area contributed by atoms with Crippen molar-refractivity contribution in [2.24, 2.45) is 34.0 Å². The van der Waals surface area contributed by atoms with Crippen LogP contribution < -0.4 is 0 Å². The van der Waals surface area contributed by atoms with Crippen LogP contribution in [0.5, 0.6) is 0 Å². The number of aliphatic hydroxyl groups excluding tert-OH is 1. The van der Waals surface area contributed by atoms with Crippen LogP contribution in [0.15, 0.2) is 0 Å². The molecule has 2 aliphatic heterocycles. The van der Waals surface area contributed by atoms with Crippen LogP contribution in [-0.4, -0.2) is 93.4 Å². The SMILES string of the molecule is CCN1C[C@]2(C)CC[C@H](OC)[C@]34[C@@H]2[C@H](O)[C@@]2(OCO[C@H]2[C@@]25C[C@@H](OC)[C@@H](C[C@H]23)[C@@H]5OC)[C@@H]14. The lowest BCUT2D eigenvalue weighted by molar-refractivity contribution is -0.278. The van der Waals surface area contributed by atoms with Crippen molar-refractivity contribution in [2.75, 3.05) is 41.2 Å². The quantitative estimate of drug-likeness (QED) is 0.700. The summed E-state index contributed by atoms with van der Waals surface area (Å²) in [6.45, 7) is 6.90. The zero-order valence-electron chi connectivity index (χ0n) is 20.1.